The summed E-state index contributed by atoms with van der Waals surface area (Å²) in [6.07, 6.45) is 3.22. The van der Waals surface area contributed by atoms with E-state index in [0.717, 1.165) is 31.2 Å². The number of methoxy groups -OCH3 is 2. The lowest BCUT2D eigenvalue weighted by atomic mass is 9.82. The lowest BCUT2D eigenvalue weighted by molar-refractivity contribution is -0.144. The number of amides is 1. The molecule has 0 spiro atoms. The maximum absolute atomic E-state index is 13.8. The number of carbonyl (C=O) groups excluding carboxylic acids is 1. The number of carbonyl (C=O) groups is 2. The minimum atomic E-state index is -0.951. The molecule has 10 nitrogen and oxygen atoms in total. The highest BCUT2D eigenvalue weighted by Crippen LogP contribution is 2.50. The molecule has 1 saturated heterocycles. The van der Waals surface area contributed by atoms with E-state index in [9.17, 15) is 14.7 Å². The molecule has 10 heteroatoms. The maximum Gasteiger partial charge on any atom is 0.309 e. The van der Waals surface area contributed by atoms with Gasteiger partial charge in [-0.3, -0.25) is 14.5 Å². The predicted molar refractivity (Wildman–Crippen MR) is 157 cm³/mol. The number of rotatable bonds is 15. The van der Waals surface area contributed by atoms with Crippen LogP contribution in [-0.2, 0) is 14.3 Å². The first-order chi connectivity index (χ1) is 20.3. The number of nitrogens with zero attached hydrogens (tertiary/aromatic N) is 2. The van der Waals surface area contributed by atoms with E-state index in [1.54, 1.807) is 33.3 Å². The van der Waals surface area contributed by atoms with Gasteiger partial charge in [-0.1, -0.05) is 38.8 Å². The molecule has 1 N–H and O–H groups in total. The lowest BCUT2D eigenvalue weighted by Gasteiger charge is -2.31. The summed E-state index contributed by atoms with van der Waals surface area (Å²) < 4.78 is 28.1. The average Bonchev–Trinajstić information content (AvgIpc) is 3.61. The summed E-state index contributed by atoms with van der Waals surface area (Å²) in [5, 5.41) is 10.7. The summed E-state index contributed by atoms with van der Waals surface area (Å²) in [7, 11) is 3.11. The number of carboxylic acid groups (broad SMARTS) is 1. The Morgan fingerprint density at radius 1 is 1.05 bits per heavy atom. The van der Waals surface area contributed by atoms with Crippen molar-refractivity contribution in [3.05, 3.63) is 47.5 Å². The third kappa shape index (κ3) is 7.10. The summed E-state index contributed by atoms with van der Waals surface area (Å²) in [5.74, 6) is 0.0201. The van der Waals surface area contributed by atoms with Crippen molar-refractivity contribution in [1.82, 2.24) is 9.80 Å². The summed E-state index contributed by atoms with van der Waals surface area (Å²) in [6, 6.07) is 10.3. The molecule has 2 aliphatic heterocycles. The van der Waals surface area contributed by atoms with Crippen LogP contribution in [-0.4, -0.2) is 80.3 Å². The molecule has 0 saturated carbocycles. The number of hydrogen-bond donors (Lipinski definition) is 1. The fourth-order valence-corrected chi connectivity index (χ4v) is 5.79. The fourth-order valence-electron chi connectivity index (χ4n) is 5.79. The zero-order valence-corrected chi connectivity index (χ0v) is 25.3. The third-order valence-corrected chi connectivity index (χ3v) is 8.13. The zero-order valence-electron chi connectivity index (χ0n) is 25.3. The van der Waals surface area contributed by atoms with Gasteiger partial charge < -0.3 is 33.7 Å². The van der Waals surface area contributed by atoms with Crippen LogP contribution < -0.4 is 18.9 Å². The van der Waals surface area contributed by atoms with Crippen molar-refractivity contribution >= 4 is 11.9 Å². The van der Waals surface area contributed by atoms with Gasteiger partial charge in [0.05, 0.1) is 25.6 Å². The van der Waals surface area contributed by atoms with Crippen LogP contribution in [0.5, 0.6) is 23.0 Å². The highest BCUT2D eigenvalue weighted by Gasteiger charge is 2.49. The molecule has 4 atom stereocenters. The molecule has 2 aromatic carbocycles. The number of ether oxygens (including phenoxy) is 5. The van der Waals surface area contributed by atoms with Gasteiger partial charge in [0.2, 0.25) is 12.7 Å². The monoisotopic (exact) mass is 584 g/mol. The van der Waals surface area contributed by atoms with Gasteiger partial charge in [0.15, 0.2) is 17.8 Å². The summed E-state index contributed by atoms with van der Waals surface area (Å²) >= 11 is 0. The lowest BCUT2D eigenvalue weighted by Crippen LogP contribution is -2.42. The van der Waals surface area contributed by atoms with Crippen LogP contribution in [0.4, 0.5) is 0 Å². The van der Waals surface area contributed by atoms with Crippen molar-refractivity contribution in [1.29, 1.82) is 0 Å². The Kier molecular flexibility index (Phi) is 10.9. The Morgan fingerprint density at radius 3 is 2.40 bits per heavy atom. The van der Waals surface area contributed by atoms with E-state index >= 15 is 0 Å². The summed E-state index contributed by atoms with van der Waals surface area (Å²) in [4.78, 5) is 30.8. The second-order valence-corrected chi connectivity index (χ2v) is 10.9. The molecular weight excluding hydrogens is 540 g/mol. The van der Waals surface area contributed by atoms with E-state index in [1.165, 1.54) is 0 Å². The number of hydrogen-bond acceptors (Lipinski definition) is 8. The summed E-state index contributed by atoms with van der Waals surface area (Å²) in [6.45, 7) is 7.94. The SMILES string of the molecule is CCCCN(CCCC)C(=O)CN1CC(c2ccc3c(c2)OCO3)C(C(=O)O)C1c1ccc(OC)cc1OC(C)OC. The van der Waals surface area contributed by atoms with E-state index < -0.39 is 30.1 Å². The number of fused-ring (bicyclic) bond motifs is 1. The Bertz CT molecular complexity index is 1210. The van der Waals surface area contributed by atoms with E-state index in [0.29, 0.717) is 48.2 Å². The average molecular weight is 585 g/mol. The van der Waals surface area contributed by atoms with Gasteiger partial charge in [0, 0.05) is 44.3 Å². The van der Waals surface area contributed by atoms with E-state index in [-0.39, 0.29) is 19.2 Å². The van der Waals surface area contributed by atoms with Crippen LogP contribution in [0.25, 0.3) is 0 Å². The molecule has 1 amide bonds. The molecule has 2 heterocycles. The zero-order chi connectivity index (χ0) is 30.2. The number of benzene rings is 2. The molecule has 4 unspecified atom stereocenters. The number of carboxylic acids is 1. The van der Waals surface area contributed by atoms with Crippen LogP contribution in [0, 0.1) is 5.92 Å². The number of unbranched alkanes of at least 4 members (excludes halogenated alkanes) is 2. The second kappa shape index (κ2) is 14.6. The highest BCUT2D eigenvalue weighted by atomic mass is 16.7. The number of aliphatic carboxylic acids is 1. The Labute approximate surface area is 248 Å². The van der Waals surface area contributed by atoms with Crippen LogP contribution in [0.3, 0.4) is 0 Å². The van der Waals surface area contributed by atoms with Crippen molar-refractivity contribution in [2.75, 3.05) is 47.2 Å². The fraction of sp³-hybridized carbons (Fsp3) is 0.562. The summed E-state index contributed by atoms with van der Waals surface area (Å²) in [5.41, 5.74) is 1.48. The number of likely N-dealkylation sites (tertiary alicyclic amines) is 1. The van der Waals surface area contributed by atoms with Crippen molar-refractivity contribution in [3.63, 3.8) is 0 Å². The largest absolute Gasteiger partial charge is 0.497 e. The second-order valence-electron chi connectivity index (χ2n) is 10.9. The first-order valence-electron chi connectivity index (χ1n) is 14.8. The molecule has 1 fully saturated rings. The molecule has 230 valence electrons. The standard InChI is InChI=1S/C32H44N2O8/c1-6-8-14-33(15-9-7-2)29(35)19-34-18-25(22-10-13-26-28(16-22)41-20-40-26)30(32(36)37)31(34)24-12-11-23(39-5)17-27(24)42-21(3)38-4/h10-13,16-17,21,25,30-31H,6-9,14-15,18-20H2,1-5H3,(H,36,37). The topological polar surface area (TPSA) is 107 Å². The van der Waals surface area contributed by atoms with Crippen LogP contribution in [0.2, 0.25) is 0 Å². The first kappa shape index (κ1) is 31.4. The van der Waals surface area contributed by atoms with E-state index in [2.05, 4.69) is 13.8 Å². The third-order valence-electron chi connectivity index (χ3n) is 8.13. The van der Waals surface area contributed by atoms with Crippen molar-refractivity contribution in [2.24, 2.45) is 5.92 Å². The smallest absolute Gasteiger partial charge is 0.309 e. The van der Waals surface area contributed by atoms with Crippen LogP contribution in [0.1, 0.15) is 69.5 Å². The Morgan fingerprint density at radius 2 is 1.76 bits per heavy atom. The molecule has 0 radical (unpaired) electrons. The van der Waals surface area contributed by atoms with Crippen molar-refractivity contribution in [3.8, 4) is 23.0 Å². The highest BCUT2D eigenvalue weighted by molar-refractivity contribution is 5.79. The molecular formula is C32H44N2O8. The molecule has 42 heavy (non-hydrogen) atoms. The van der Waals surface area contributed by atoms with Crippen LogP contribution >= 0.6 is 0 Å². The molecule has 2 aromatic rings. The Balaban J connectivity index is 1.77. The normalized spacial score (nSPS) is 20.4. The van der Waals surface area contributed by atoms with Gasteiger partial charge in [-0.05, 0) is 43.5 Å². The molecule has 0 bridgehead atoms. The van der Waals surface area contributed by atoms with Gasteiger partial charge >= 0.3 is 5.97 Å². The molecule has 0 aromatic heterocycles. The van der Waals surface area contributed by atoms with Gasteiger partial charge in [-0.25, -0.2) is 0 Å². The van der Waals surface area contributed by atoms with Crippen LogP contribution in [0.15, 0.2) is 36.4 Å². The van der Waals surface area contributed by atoms with E-state index in [1.807, 2.05) is 34.1 Å². The molecule has 4 rings (SSSR count). The Hall–Kier alpha value is -3.50. The quantitative estimate of drug-likeness (QED) is 0.287. The van der Waals surface area contributed by atoms with Gasteiger partial charge in [-0.15, -0.1) is 0 Å². The minimum absolute atomic E-state index is 0.00128. The maximum atomic E-state index is 13.8. The predicted octanol–water partition coefficient (Wildman–Crippen LogP) is 5.07. The minimum Gasteiger partial charge on any atom is -0.497 e. The first-order valence-corrected chi connectivity index (χ1v) is 14.8. The van der Waals surface area contributed by atoms with Gasteiger partial charge in [-0.2, -0.15) is 0 Å². The molecule has 2 aliphatic rings. The van der Waals surface area contributed by atoms with Crippen molar-refractivity contribution < 1.29 is 38.4 Å². The van der Waals surface area contributed by atoms with Crippen molar-refractivity contribution in [2.45, 2.75) is 64.7 Å². The van der Waals surface area contributed by atoms with E-state index in [4.69, 9.17) is 23.7 Å². The van der Waals surface area contributed by atoms with Gasteiger partial charge in [0.25, 0.3) is 0 Å². The molecule has 0 aliphatic carbocycles. The van der Waals surface area contributed by atoms with Gasteiger partial charge in [0.1, 0.15) is 11.5 Å².